The molecule has 0 aromatic carbocycles. The second-order valence-corrected chi connectivity index (χ2v) is 1.19. The number of ketones is 1. The van der Waals surface area contributed by atoms with Crippen LogP contribution in [0.25, 0.3) is 0 Å². The van der Waals surface area contributed by atoms with Crippen LogP contribution >= 0.6 is 0 Å². The average Bonchev–Trinajstić information content (AvgIpc) is 1.69. The molecule has 0 aromatic heterocycles. The van der Waals surface area contributed by atoms with Crippen LogP contribution < -0.4 is 0 Å². The van der Waals surface area contributed by atoms with Crippen LogP contribution in [0.4, 0.5) is 0 Å². The van der Waals surface area contributed by atoms with Crippen molar-refractivity contribution in [1.82, 2.24) is 0 Å². The zero-order valence-electron chi connectivity index (χ0n) is 4.93. The number of hydrogen-bond acceptors (Lipinski definition) is 2. The third kappa shape index (κ3) is 1.64. The number of carbonyl (C=O) groups excluding carboxylic acids is 2. The van der Waals surface area contributed by atoms with Gasteiger partial charge in [-0.1, -0.05) is 0 Å². The summed E-state index contributed by atoms with van der Waals surface area (Å²) < 4.78 is 8.70. The summed E-state index contributed by atoms with van der Waals surface area (Å²) in [6.45, 7) is 1.34. The lowest BCUT2D eigenvalue weighted by molar-refractivity contribution is -0.392. The first-order chi connectivity index (χ1) is 3.72. The highest BCUT2D eigenvalue weighted by atomic mass is 16.6. The van der Waals surface area contributed by atoms with E-state index >= 15 is 0 Å². The smallest absolute Gasteiger partial charge is 0.405 e. The van der Waals surface area contributed by atoms with Gasteiger partial charge in [-0.05, 0) is 6.92 Å². The van der Waals surface area contributed by atoms with Gasteiger partial charge in [0.2, 0.25) is 5.78 Å². The van der Waals surface area contributed by atoms with Crippen molar-refractivity contribution in [1.29, 1.82) is 0 Å². The maximum absolute atomic E-state index is 10.3. The second kappa shape index (κ2) is 3.07. The minimum atomic E-state index is -0.262. The fraction of sp³-hybridized carbons (Fsp3) is 0.400. The number of rotatable bonds is 1. The lowest BCUT2D eigenvalue weighted by atomic mass is 10.5. The molecule has 0 radical (unpaired) electrons. The van der Waals surface area contributed by atoms with Crippen LogP contribution in [0.2, 0.25) is 0 Å². The molecule has 0 saturated heterocycles. The molecule has 0 aliphatic rings. The van der Waals surface area contributed by atoms with Gasteiger partial charge < -0.3 is 14.0 Å². The van der Waals surface area contributed by atoms with Crippen LogP contribution in [-0.2, 0) is 14.0 Å². The molecule has 0 bridgehead atoms. The molecule has 0 atom stereocenters. The van der Waals surface area contributed by atoms with Gasteiger partial charge in [-0.25, -0.2) is 0 Å². The predicted octanol–water partition coefficient (Wildman–Crippen LogP) is 0.0757. The monoisotopic (exact) mass is 116 g/mol. The van der Waals surface area contributed by atoms with Gasteiger partial charge in [0.25, 0.3) is 0 Å². The van der Waals surface area contributed by atoms with Crippen LogP contribution in [0, 0.1) is 7.11 Å². The standard InChI is InChI=1S/C5H8O3/c1-4(6)5(7-2)8-3/h2H2,1,3H3. The summed E-state index contributed by atoms with van der Waals surface area (Å²) in [5, 5.41) is 0. The number of ether oxygens (including phenoxy) is 1. The summed E-state index contributed by atoms with van der Waals surface area (Å²) in [5.74, 6) is -0.326. The maximum Gasteiger partial charge on any atom is 0.405 e. The summed E-state index contributed by atoms with van der Waals surface area (Å²) in [6, 6.07) is 0. The highest BCUT2D eigenvalue weighted by molar-refractivity contribution is 6.32. The molecule has 0 rings (SSSR count). The van der Waals surface area contributed by atoms with Crippen LogP contribution in [-0.4, -0.2) is 18.9 Å². The molecule has 3 heteroatoms. The second-order valence-electron chi connectivity index (χ2n) is 1.19. The van der Waals surface area contributed by atoms with Gasteiger partial charge in [-0.2, -0.15) is 0 Å². The van der Waals surface area contributed by atoms with E-state index in [1.807, 2.05) is 0 Å². The van der Waals surface area contributed by atoms with Gasteiger partial charge in [-0.3, -0.25) is 0 Å². The van der Waals surface area contributed by atoms with E-state index < -0.39 is 0 Å². The molecule has 0 saturated carbocycles. The Kier molecular flexibility index (Phi) is 2.69. The number of hydrogen-bond donors (Lipinski definition) is 0. The van der Waals surface area contributed by atoms with Gasteiger partial charge in [-0.15, -0.1) is 0 Å². The zero-order chi connectivity index (χ0) is 6.57. The fourth-order valence-electron chi connectivity index (χ4n) is 0.304. The van der Waals surface area contributed by atoms with Gasteiger partial charge in [0.1, 0.15) is 0 Å². The van der Waals surface area contributed by atoms with Crippen molar-refractivity contribution in [3.63, 3.8) is 0 Å². The molecule has 0 fully saturated rings. The zero-order valence-corrected chi connectivity index (χ0v) is 4.93. The average molecular weight is 116 g/mol. The van der Waals surface area contributed by atoms with Crippen molar-refractivity contribution in [2.75, 3.05) is 7.11 Å². The first-order valence-electron chi connectivity index (χ1n) is 2.06. The Balaban J connectivity index is 3.92. The van der Waals surface area contributed by atoms with E-state index in [1.54, 1.807) is 0 Å². The van der Waals surface area contributed by atoms with Crippen molar-refractivity contribution in [2.24, 2.45) is 0 Å². The quantitative estimate of drug-likeness (QED) is 0.210. The molecule has 0 heterocycles. The van der Waals surface area contributed by atoms with Crippen LogP contribution in [0.3, 0.4) is 0 Å². The Morgan fingerprint density at radius 3 is 2.25 bits per heavy atom. The molecule has 0 amide bonds. The largest absolute Gasteiger partial charge is 0.464 e. The van der Waals surface area contributed by atoms with Crippen molar-refractivity contribution >= 4 is 11.8 Å². The minimum absolute atomic E-state index is 0.0648. The van der Waals surface area contributed by atoms with E-state index in [9.17, 15) is 4.79 Å². The SMILES string of the molecule is [CH2-]/[O+]=C(\OC)C(C)=O. The summed E-state index contributed by atoms with van der Waals surface area (Å²) in [6.07, 6.45) is 0. The Bertz CT molecular complexity index is 115. The van der Waals surface area contributed by atoms with Gasteiger partial charge in [0, 0.05) is 7.11 Å². The van der Waals surface area contributed by atoms with Crippen LogP contribution in [0.5, 0.6) is 0 Å². The fourth-order valence-corrected chi connectivity index (χ4v) is 0.304. The normalized spacial score (nSPS) is 11.0. The Hall–Kier alpha value is -0.990. The lowest BCUT2D eigenvalue weighted by Crippen LogP contribution is -2.12. The van der Waals surface area contributed by atoms with E-state index in [1.165, 1.54) is 14.0 Å². The van der Waals surface area contributed by atoms with E-state index in [4.69, 9.17) is 0 Å². The highest BCUT2D eigenvalue weighted by Crippen LogP contribution is 1.75. The van der Waals surface area contributed by atoms with E-state index in [2.05, 4.69) is 16.3 Å². The number of carbonyl (C=O) groups is 1. The molecule has 0 aromatic rings. The summed E-state index contributed by atoms with van der Waals surface area (Å²) in [4.78, 5) is 10.3. The van der Waals surface area contributed by atoms with Crippen molar-refractivity contribution in [3.05, 3.63) is 7.11 Å². The molecule has 3 nitrogen and oxygen atoms in total. The predicted molar refractivity (Wildman–Crippen MR) is 28.1 cm³/mol. The van der Waals surface area contributed by atoms with Crippen molar-refractivity contribution in [2.45, 2.75) is 6.92 Å². The maximum atomic E-state index is 10.3. The molecule has 0 N–H and O–H groups in total. The molecular formula is C5H8O3. The first kappa shape index (κ1) is 7.01. The van der Waals surface area contributed by atoms with Crippen molar-refractivity contribution < 1.29 is 14.0 Å². The highest BCUT2D eigenvalue weighted by Gasteiger charge is 2.05. The molecule has 0 unspecified atom stereocenters. The number of esters is 1. The molecule has 46 valence electrons. The van der Waals surface area contributed by atoms with Gasteiger partial charge >= 0.3 is 5.97 Å². The summed E-state index contributed by atoms with van der Waals surface area (Å²) >= 11 is 0. The van der Waals surface area contributed by atoms with Crippen LogP contribution in [0.15, 0.2) is 0 Å². The summed E-state index contributed by atoms with van der Waals surface area (Å²) in [5.41, 5.74) is 0. The molecule has 0 aliphatic carbocycles. The van der Waals surface area contributed by atoms with Gasteiger partial charge in [0.15, 0.2) is 7.11 Å². The molecule has 0 aliphatic heterocycles. The third-order valence-electron chi connectivity index (χ3n) is 0.604. The van der Waals surface area contributed by atoms with E-state index in [0.29, 0.717) is 0 Å². The lowest BCUT2D eigenvalue weighted by Gasteiger charge is -1.90. The van der Waals surface area contributed by atoms with Crippen molar-refractivity contribution in [3.8, 4) is 0 Å². The summed E-state index contributed by atoms with van der Waals surface area (Å²) in [7, 11) is 4.34. The first-order valence-corrected chi connectivity index (χ1v) is 2.06. The van der Waals surface area contributed by atoms with Crippen LogP contribution in [0.1, 0.15) is 6.92 Å². The van der Waals surface area contributed by atoms with Gasteiger partial charge in [0.05, 0.1) is 0 Å². The third-order valence-corrected chi connectivity index (χ3v) is 0.604. The Labute approximate surface area is 48.0 Å². The molecule has 0 spiro atoms. The Morgan fingerprint density at radius 2 is 2.25 bits per heavy atom. The number of Topliss-reactive ketones (excluding diaryl/α,β-unsaturated/α-hetero) is 1. The van der Waals surface area contributed by atoms with E-state index in [0.717, 1.165) is 0 Å². The Morgan fingerprint density at radius 1 is 1.75 bits per heavy atom. The topological polar surface area (TPSA) is 37.6 Å². The number of methoxy groups -OCH3 is 1. The molecular weight excluding hydrogens is 108 g/mol. The van der Waals surface area contributed by atoms with E-state index in [-0.39, 0.29) is 11.8 Å². The molecule has 8 heavy (non-hydrogen) atoms. The minimum Gasteiger partial charge on any atom is -0.464 e.